The fraction of sp³-hybridized carbons (Fsp3) is 0.500. The van der Waals surface area contributed by atoms with Crippen LogP contribution in [0.5, 0.6) is 0 Å². The van der Waals surface area contributed by atoms with Gasteiger partial charge in [-0.05, 0) is 16.2 Å². The van der Waals surface area contributed by atoms with Gasteiger partial charge in [0.15, 0.2) is 0 Å². The molecule has 0 aliphatic carbocycles. The number of thioether (sulfide) groups is 5. The molecule has 112 valence electrons. The second-order valence-electron chi connectivity index (χ2n) is 3.54. The third-order valence-corrected chi connectivity index (χ3v) is 8.63. The Morgan fingerprint density at radius 3 is 2.45 bits per heavy atom. The highest BCUT2D eigenvalue weighted by Gasteiger charge is 2.18. The molecule has 0 aromatic heterocycles. The van der Waals surface area contributed by atoms with Crippen molar-refractivity contribution in [3.8, 4) is 0 Å². The molecule has 0 bridgehead atoms. The lowest BCUT2D eigenvalue weighted by Crippen LogP contribution is -2.07. The fourth-order valence-electron chi connectivity index (χ4n) is 1.29. The molecule has 20 heavy (non-hydrogen) atoms. The van der Waals surface area contributed by atoms with Crippen LogP contribution in [0.3, 0.4) is 0 Å². The first kappa shape index (κ1) is 17.6. The summed E-state index contributed by atoms with van der Waals surface area (Å²) in [6, 6.07) is 0. The summed E-state index contributed by atoms with van der Waals surface area (Å²) in [5.74, 6) is 1.76. The maximum Gasteiger partial charge on any atom is 0.0705 e. The molecule has 0 atom stereocenters. The molecular weight excluding hydrogens is 369 g/mol. The van der Waals surface area contributed by atoms with Crippen molar-refractivity contribution >= 4 is 71.4 Å². The smallest absolute Gasteiger partial charge is 0.0705 e. The van der Waals surface area contributed by atoms with E-state index in [1.54, 1.807) is 0 Å². The molecule has 0 unspecified atom stereocenters. The van der Waals surface area contributed by atoms with Crippen molar-refractivity contribution in [3.05, 3.63) is 28.9 Å². The quantitative estimate of drug-likeness (QED) is 0.438. The SMILES string of the molecule is SCCOCCOCCSC1=CSC(=C2SC=CS2)S1. The molecule has 0 fully saturated rings. The van der Waals surface area contributed by atoms with E-state index in [4.69, 9.17) is 9.47 Å². The minimum Gasteiger partial charge on any atom is -0.378 e. The van der Waals surface area contributed by atoms with E-state index in [9.17, 15) is 0 Å². The van der Waals surface area contributed by atoms with Gasteiger partial charge in [-0.15, -0.1) is 11.8 Å². The Kier molecular flexibility index (Phi) is 9.57. The molecule has 2 heterocycles. The Hall–Kier alpha value is 1.24. The summed E-state index contributed by atoms with van der Waals surface area (Å²) in [4.78, 5) is 0. The van der Waals surface area contributed by atoms with Crippen molar-refractivity contribution in [3.63, 3.8) is 0 Å². The average molecular weight is 385 g/mol. The van der Waals surface area contributed by atoms with Gasteiger partial charge in [-0.1, -0.05) is 47.0 Å². The van der Waals surface area contributed by atoms with Crippen molar-refractivity contribution in [2.75, 3.05) is 37.9 Å². The van der Waals surface area contributed by atoms with Crippen molar-refractivity contribution in [1.29, 1.82) is 0 Å². The summed E-state index contributed by atoms with van der Waals surface area (Å²) in [5, 5.41) is 6.53. The lowest BCUT2D eigenvalue weighted by atomic mass is 10.7. The molecular formula is C12H16O2S6. The summed E-state index contributed by atoms with van der Waals surface area (Å²) < 4.78 is 15.0. The molecule has 2 nitrogen and oxygen atoms in total. The molecule has 8 heteroatoms. The molecule has 2 rings (SSSR count). The minimum absolute atomic E-state index is 0.663. The van der Waals surface area contributed by atoms with Gasteiger partial charge in [0.25, 0.3) is 0 Å². The first-order valence-electron chi connectivity index (χ1n) is 6.06. The van der Waals surface area contributed by atoms with Crippen LogP contribution in [-0.4, -0.2) is 37.9 Å². The second kappa shape index (κ2) is 10.9. The average Bonchev–Trinajstić information content (AvgIpc) is 3.12. The normalized spacial score (nSPS) is 18.1. The molecule has 0 aromatic rings. The highest BCUT2D eigenvalue weighted by Crippen LogP contribution is 2.55. The first-order valence-corrected chi connectivity index (χ1v) is 11.1. The molecule has 0 N–H and O–H groups in total. The fourth-order valence-corrected chi connectivity index (χ4v) is 7.19. The van der Waals surface area contributed by atoms with E-state index in [1.165, 1.54) is 12.7 Å². The van der Waals surface area contributed by atoms with Crippen molar-refractivity contribution < 1.29 is 9.47 Å². The van der Waals surface area contributed by atoms with Crippen LogP contribution >= 0.6 is 71.4 Å². The van der Waals surface area contributed by atoms with Crippen molar-refractivity contribution in [2.24, 2.45) is 0 Å². The summed E-state index contributed by atoms with van der Waals surface area (Å²) in [5.41, 5.74) is 0. The summed E-state index contributed by atoms with van der Waals surface area (Å²) >= 11 is 13.3. The van der Waals surface area contributed by atoms with Crippen LogP contribution in [0, 0.1) is 0 Å². The Morgan fingerprint density at radius 1 is 0.950 bits per heavy atom. The Morgan fingerprint density at radius 2 is 1.70 bits per heavy atom. The van der Waals surface area contributed by atoms with Gasteiger partial charge in [0.05, 0.1) is 39.1 Å². The van der Waals surface area contributed by atoms with Gasteiger partial charge in [0, 0.05) is 11.5 Å². The van der Waals surface area contributed by atoms with E-state index in [0.29, 0.717) is 19.8 Å². The van der Waals surface area contributed by atoms with Gasteiger partial charge >= 0.3 is 0 Å². The molecule has 2 aliphatic rings. The highest BCUT2D eigenvalue weighted by atomic mass is 32.2. The van der Waals surface area contributed by atoms with E-state index in [0.717, 1.165) is 18.1 Å². The van der Waals surface area contributed by atoms with E-state index in [2.05, 4.69) is 28.9 Å². The maximum atomic E-state index is 5.52. The largest absolute Gasteiger partial charge is 0.378 e. The zero-order valence-electron chi connectivity index (χ0n) is 10.8. The number of hydrogen-bond donors (Lipinski definition) is 1. The molecule has 0 spiro atoms. The number of thiol groups is 1. The van der Waals surface area contributed by atoms with E-state index in [-0.39, 0.29) is 0 Å². The highest BCUT2D eigenvalue weighted by molar-refractivity contribution is 8.37. The second-order valence-corrected chi connectivity index (χ2v) is 9.66. The van der Waals surface area contributed by atoms with Crippen LogP contribution in [0.2, 0.25) is 0 Å². The molecule has 0 saturated carbocycles. The first-order chi connectivity index (χ1) is 9.90. The summed E-state index contributed by atoms with van der Waals surface area (Å²) in [7, 11) is 0. The zero-order chi connectivity index (χ0) is 14.0. The minimum atomic E-state index is 0.663. The predicted molar refractivity (Wildman–Crippen MR) is 103 cm³/mol. The standard InChI is InChI=1S/C12H16O2S6/c15-5-3-13-1-2-14-4-6-16-10-9-19-12(20-10)11-17-7-8-18-11/h7-9,15H,1-6H2. The molecule has 2 aliphatic heterocycles. The lowest BCUT2D eigenvalue weighted by Gasteiger charge is -2.05. The molecule has 0 radical (unpaired) electrons. The van der Waals surface area contributed by atoms with Gasteiger partial charge in [-0.2, -0.15) is 12.6 Å². The topological polar surface area (TPSA) is 18.5 Å². The van der Waals surface area contributed by atoms with E-state index in [1.807, 2.05) is 58.8 Å². The van der Waals surface area contributed by atoms with E-state index >= 15 is 0 Å². The predicted octanol–water partition coefficient (Wildman–Crippen LogP) is 5.04. The third-order valence-electron chi connectivity index (χ3n) is 2.11. The monoisotopic (exact) mass is 384 g/mol. The maximum absolute atomic E-state index is 5.52. The van der Waals surface area contributed by atoms with Crippen LogP contribution in [0.4, 0.5) is 0 Å². The Balaban J connectivity index is 1.50. The molecule has 0 aromatic carbocycles. The number of ether oxygens (including phenoxy) is 2. The van der Waals surface area contributed by atoms with Crippen molar-refractivity contribution in [1.82, 2.24) is 0 Å². The number of hydrogen-bond acceptors (Lipinski definition) is 8. The number of rotatable bonds is 9. The van der Waals surface area contributed by atoms with Gasteiger partial charge < -0.3 is 9.47 Å². The van der Waals surface area contributed by atoms with Crippen LogP contribution in [0.25, 0.3) is 0 Å². The van der Waals surface area contributed by atoms with Gasteiger partial charge in [-0.25, -0.2) is 0 Å². The van der Waals surface area contributed by atoms with Crippen LogP contribution in [0.1, 0.15) is 0 Å². The Bertz CT molecular complexity index is 383. The van der Waals surface area contributed by atoms with Crippen molar-refractivity contribution in [2.45, 2.75) is 0 Å². The molecule has 0 saturated heterocycles. The molecule has 0 amide bonds. The van der Waals surface area contributed by atoms with Crippen LogP contribution in [-0.2, 0) is 9.47 Å². The van der Waals surface area contributed by atoms with Crippen LogP contribution in [0.15, 0.2) is 28.9 Å². The summed E-state index contributed by atoms with van der Waals surface area (Å²) in [6.07, 6.45) is 0. The van der Waals surface area contributed by atoms with Gasteiger partial charge in [0.1, 0.15) is 0 Å². The summed E-state index contributed by atoms with van der Waals surface area (Å²) in [6.45, 7) is 2.80. The zero-order valence-corrected chi connectivity index (χ0v) is 15.8. The van der Waals surface area contributed by atoms with Crippen LogP contribution < -0.4 is 0 Å². The lowest BCUT2D eigenvalue weighted by molar-refractivity contribution is 0.0606. The third kappa shape index (κ3) is 6.56. The van der Waals surface area contributed by atoms with Gasteiger partial charge in [0.2, 0.25) is 0 Å². The van der Waals surface area contributed by atoms with Gasteiger partial charge in [-0.3, -0.25) is 0 Å². The van der Waals surface area contributed by atoms with E-state index < -0.39 is 0 Å². The Labute approximate surface area is 147 Å².